The minimum absolute atomic E-state index is 0.133. The largest absolute Gasteiger partial charge is 0.352 e. The Balaban J connectivity index is 2.42. The smallest absolute Gasteiger partial charge is 0.178 e. The van der Waals surface area contributed by atoms with Gasteiger partial charge in [0.25, 0.3) is 0 Å². The van der Waals surface area contributed by atoms with Gasteiger partial charge in [-0.05, 0) is 36.2 Å². The van der Waals surface area contributed by atoms with Crippen molar-refractivity contribution in [1.82, 2.24) is 4.98 Å². The Bertz CT molecular complexity index is 540. The number of Topliss-reactive ketones (excluding diaryl/α,β-unsaturated/α-hetero) is 1. The first-order valence-corrected chi connectivity index (χ1v) is 5.98. The minimum atomic E-state index is 0.133. The maximum Gasteiger partial charge on any atom is 0.178 e. The lowest BCUT2D eigenvalue weighted by molar-refractivity contribution is 0.0984. The molecule has 0 spiro atoms. The van der Waals surface area contributed by atoms with Crippen LogP contribution in [0.5, 0.6) is 0 Å². The molecule has 1 N–H and O–H groups in total. The van der Waals surface area contributed by atoms with E-state index in [1.165, 1.54) is 0 Å². The molecule has 17 heavy (non-hydrogen) atoms. The third-order valence-corrected chi connectivity index (χ3v) is 3.02. The zero-order valence-corrected chi connectivity index (χ0v) is 10.6. The second-order valence-electron chi connectivity index (χ2n) is 4.02. The van der Waals surface area contributed by atoms with Gasteiger partial charge in [-0.3, -0.25) is 4.79 Å². The van der Waals surface area contributed by atoms with Crippen molar-refractivity contribution >= 4 is 17.4 Å². The number of carbonyl (C=O) groups is 1. The van der Waals surface area contributed by atoms with Gasteiger partial charge >= 0.3 is 0 Å². The van der Waals surface area contributed by atoms with E-state index in [0.717, 1.165) is 16.8 Å². The molecule has 1 aromatic carbocycles. The van der Waals surface area contributed by atoms with Crippen LogP contribution in [-0.2, 0) is 0 Å². The highest BCUT2D eigenvalue weighted by Crippen LogP contribution is 2.25. The maximum absolute atomic E-state index is 11.6. The molecule has 0 aliphatic heterocycles. The molecule has 0 radical (unpaired) electrons. The maximum atomic E-state index is 11.6. The van der Waals surface area contributed by atoms with Crippen LogP contribution in [0.1, 0.15) is 29.4 Å². The lowest BCUT2D eigenvalue weighted by Gasteiger charge is -2.00. The number of aromatic nitrogens is 1. The van der Waals surface area contributed by atoms with Crippen molar-refractivity contribution in [3.05, 3.63) is 46.6 Å². The van der Waals surface area contributed by atoms with E-state index >= 15 is 0 Å². The molecule has 88 valence electrons. The van der Waals surface area contributed by atoms with Gasteiger partial charge in [-0.2, -0.15) is 0 Å². The van der Waals surface area contributed by atoms with Gasteiger partial charge in [0.1, 0.15) is 0 Å². The molecule has 0 unspecified atom stereocenters. The van der Waals surface area contributed by atoms with Crippen molar-refractivity contribution in [3.63, 3.8) is 0 Å². The van der Waals surface area contributed by atoms with Gasteiger partial charge in [-0.15, -0.1) is 0 Å². The molecule has 0 aliphatic carbocycles. The average Bonchev–Trinajstić information content (AvgIpc) is 2.71. The predicted octanol–water partition coefficient (Wildman–Crippen LogP) is 4.24. The number of carbonyl (C=O) groups excluding carboxylic acids is 1. The Morgan fingerprint density at radius 1 is 1.29 bits per heavy atom. The van der Waals surface area contributed by atoms with E-state index in [0.29, 0.717) is 17.1 Å². The summed E-state index contributed by atoms with van der Waals surface area (Å²) in [5.74, 6) is 0.133. The first kappa shape index (κ1) is 11.9. The van der Waals surface area contributed by atoms with Crippen LogP contribution in [0, 0.1) is 6.92 Å². The molecular weight excluding hydrogens is 234 g/mol. The Morgan fingerprint density at radius 2 is 1.94 bits per heavy atom. The van der Waals surface area contributed by atoms with Crippen molar-refractivity contribution < 1.29 is 4.79 Å². The van der Waals surface area contributed by atoms with Gasteiger partial charge in [-0.1, -0.05) is 30.7 Å². The fraction of sp³-hybridized carbons (Fsp3) is 0.214. The molecule has 0 saturated heterocycles. The van der Waals surface area contributed by atoms with Crippen LogP contribution in [0.4, 0.5) is 0 Å². The highest BCUT2D eigenvalue weighted by molar-refractivity contribution is 6.30. The van der Waals surface area contributed by atoms with E-state index in [-0.39, 0.29) is 5.78 Å². The molecule has 0 amide bonds. The average molecular weight is 248 g/mol. The third-order valence-electron chi connectivity index (χ3n) is 2.77. The van der Waals surface area contributed by atoms with Crippen LogP contribution >= 0.6 is 11.6 Å². The number of halogens is 1. The zero-order valence-electron chi connectivity index (χ0n) is 9.88. The van der Waals surface area contributed by atoms with Crippen LogP contribution in [0.2, 0.25) is 5.02 Å². The number of hydrogen-bond acceptors (Lipinski definition) is 1. The predicted molar refractivity (Wildman–Crippen MR) is 70.6 cm³/mol. The fourth-order valence-electron chi connectivity index (χ4n) is 1.82. The first-order chi connectivity index (χ1) is 8.11. The lowest BCUT2D eigenvalue weighted by Crippen LogP contribution is -1.96. The number of aromatic amines is 1. The highest BCUT2D eigenvalue weighted by Gasteiger charge is 2.10. The van der Waals surface area contributed by atoms with Crippen LogP contribution < -0.4 is 0 Å². The molecular formula is C14H14ClNO. The normalized spacial score (nSPS) is 10.5. The summed E-state index contributed by atoms with van der Waals surface area (Å²) >= 11 is 5.85. The Kier molecular flexibility index (Phi) is 3.34. The van der Waals surface area contributed by atoms with Crippen molar-refractivity contribution in [1.29, 1.82) is 0 Å². The molecule has 0 bridgehead atoms. The van der Waals surface area contributed by atoms with Gasteiger partial charge in [-0.25, -0.2) is 0 Å². The summed E-state index contributed by atoms with van der Waals surface area (Å²) in [5, 5.41) is 0.711. The molecule has 0 fully saturated rings. The standard InChI is InChI=1S/C14H14ClNO/c1-3-13(17)12-8-9(2)14(16-12)10-4-6-11(15)7-5-10/h4-8,16H,3H2,1-2H3. The molecule has 3 heteroatoms. The number of rotatable bonds is 3. The molecule has 1 aromatic heterocycles. The van der Waals surface area contributed by atoms with Crippen LogP contribution in [-0.4, -0.2) is 10.8 Å². The fourth-order valence-corrected chi connectivity index (χ4v) is 1.94. The van der Waals surface area contributed by atoms with Gasteiger partial charge in [0.05, 0.1) is 5.69 Å². The van der Waals surface area contributed by atoms with Crippen molar-refractivity contribution in [2.75, 3.05) is 0 Å². The summed E-state index contributed by atoms with van der Waals surface area (Å²) in [7, 11) is 0. The first-order valence-electron chi connectivity index (χ1n) is 5.60. The van der Waals surface area contributed by atoms with E-state index in [2.05, 4.69) is 4.98 Å². The zero-order chi connectivity index (χ0) is 12.4. The van der Waals surface area contributed by atoms with E-state index in [1.807, 2.05) is 44.2 Å². The van der Waals surface area contributed by atoms with Crippen molar-refractivity contribution in [2.24, 2.45) is 0 Å². The highest BCUT2D eigenvalue weighted by atomic mass is 35.5. The van der Waals surface area contributed by atoms with E-state index in [4.69, 9.17) is 11.6 Å². The quantitative estimate of drug-likeness (QED) is 0.809. The lowest BCUT2D eigenvalue weighted by atomic mass is 10.1. The molecule has 1 heterocycles. The van der Waals surface area contributed by atoms with Gasteiger partial charge in [0.15, 0.2) is 5.78 Å². The molecule has 0 saturated carbocycles. The second-order valence-corrected chi connectivity index (χ2v) is 4.46. The second kappa shape index (κ2) is 4.76. The topological polar surface area (TPSA) is 32.9 Å². The number of aryl methyl sites for hydroxylation is 1. The number of nitrogens with one attached hydrogen (secondary N) is 1. The summed E-state index contributed by atoms with van der Waals surface area (Å²) in [6.07, 6.45) is 0.514. The Labute approximate surface area is 106 Å². The van der Waals surface area contributed by atoms with E-state index < -0.39 is 0 Å². The molecule has 0 aliphatic rings. The number of hydrogen-bond donors (Lipinski definition) is 1. The molecule has 0 atom stereocenters. The third kappa shape index (κ3) is 2.42. The Morgan fingerprint density at radius 3 is 2.53 bits per heavy atom. The molecule has 2 aromatic rings. The Hall–Kier alpha value is -1.54. The summed E-state index contributed by atoms with van der Waals surface area (Å²) in [6, 6.07) is 9.48. The van der Waals surface area contributed by atoms with Gasteiger partial charge in [0, 0.05) is 17.1 Å². The van der Waals surface area contributed by atoms with Gasteiger partial charge < -0.3 is 4.98 Å². The van der Waals surface area contributed by atoms with Crippen molar-refractivity contribution in [2.45, 2.75) is 20.3 Å². The SMILES string of the molecule is CCC(=O)c1cc(C)c(-c2ccc(Cl)cc2)[nH]1. The van der Waals surface area contributed by atoms with Gasteiger partial charge in [0.2, 0.25) is 0 Å². The number of H-pyrrole nitrogens is 1. The van der Waals surface area contributed by atoms with Crippen molar-refractivity contribution in [3.8, 4) is 11.3 Å². The van der Waals surface area contributed by atoms with Crippen LogP contribution in [0.3, 0.4) is 0 Å². The monoisotopic (exact) mass is 247 g/mol. The molecule has 2 rings (SSSR count). The van der Waals surface area contributed by atoms with E-state index in [9.17, 15) is 4.79 Å². The minimum Gasteiger partial charge on any atom is -0.352 e. The van der Waals surface area contributed by atoms with Crippen LogP contribution in [0.15, 0.2) is 30.3 Å². The molecule has 2 nitrogen and oxygen atoms in total. The summed E-state index contributed by atoms with van der Waals surface area (Å²) < 4.78 is 0. The summed E-state index contributed by atoms with van der Waals surface area (Å²) in [4.78, 5) is 14.8. The summed E-state index contributed by atoms with van der Waals surface area (Å²) in [5.41, 5.74) is 3.78. The number of ketones is 1. The van der Waals surface area contributed by atoms with Crippen LogP contribution in [0.25, 0.3) is 11.3 Å². The number of benzene rings is 1. The van der Waals surface area contributed by atoms with E-state index in [1.54, 1.807) is 0 Å². The summed E-state index contributed by atoms with van der Waals surface area (Å²) in [6.45, 7) is 3.85.